The summed E-state index contributed by atoms with van der Waals surface area (Å²) in [6, 6.07) is 14.7. The van der Waals surface area contributed by atoms with Crippen LogP contribution in [0.2, 0.25) is 0 Å². The summed E-state index contributed by atoms with van der Waals surface area (Å²) in [6.07, 6.45) is 0.866. The molecule has 2 aromatic carbocycles. The number of rotatable bonds is 7. The van der Waals surface area contributed by atoms with Crippen molar-refractivity contribution >= 4 is 29.3 Å². The number of hydrogen-bond donors (Lipinski definition) is 1. The third-order valence-corrected chi connectivity index (χ3v) is 5.51. The van der Waals surface area contributed by atoms with Crippen LogP contribution in [0.1, 0.15) is 21.8 Å². The smallest absolute Gasteiger partial charge is 0.277 e. The third kappa shape index (κ3) is 4.46. The second-order valence-electron chi connectivity index (χ2n) is 6.59. The largest absolute Gasteiger partial charge is 0.497 e. The minimum Gasteiger partial charge on any atom is -0.497 e. The van der Waals surface area contributed by atoms with Crippen molar-refractivity contribution < 1.29 is 18.7 Å². The van der Waals surface area contributed by atoms with E-state index in [1.165, 1.54) is 17.3 Å². The van der Waals surface area contributed by atoms with Crippen molar-refractivity contribution in [3.8, 4) is 5.75 Å². The Morgan fingerprint density at radius 2 is 1.97 bits per heavy atom. The Kier molecular flexibility index (Phi) is 5.99. The first-order chi connectivity index (χ1) is 14.6. The van der Waals surface area contributed by atoms with Gasteiger partial charge in [-0.3, -0.25) is 9.59 Å². The molecule has 0 fully saturated rings. The van der Waals surface area contributed by atoms with Crippen LogP contribution < -0.4 is 15.0 Å². The van der Waals surface area contributed by atoms with Crippen molar-refractivity contribution in [1.29, 1.82) is 0 Å². The van der Waals surface area contributed by atoms with E-state index in [0.29, 0.717) is 23.1 Å². The second kappa shape index (κ2) is 9.00. The molecule has 3 aromatic rings. The Morgan fingerprint density at radius 3 is 2.77 bits per heavy atom. The Balaban J connectivity index is 1.27. The quantitative estimate of drug-likeness (QED) is 0.582. The first-order valence-electron chi connectivity index (χ1n) is 9.40. The zero-order valence-electron chi connectivity index (χ0n) is 16.3. The molecular formula is C21H20N4O4S. The summed E-state index contributed by atoms with van der Waals surface area (Å²) in [6.45, 7) is 0.789. The van der Waals surface area contributed by atoms with Crippen molar-refractivity contribution in [2.45, 2.75) is 18.2 Å². The number of ether oxygens (including phenoxy) is 1. The number of benzene rings is 2. The van der Waals surface area contributed by atoms with Gasteiger partial charge in [-0.15, -0.1) is 10.2 Å². The van der Waals surface area contributed by atoms with E-state index in [1.54, 1.807) is 36.3 Å². The number of para-hydroxylation sites is 1. The lowest BCUT2D eigenvalue weighted by molar-refractivity contribution is -0.116. The minimum atomic E-state index is -0.257. The molecule has 0 bridgehead atoms. The predicted molar refractivity (Wildman–Crippen MR) is 112 cm³/mol. The molecule has 1 N–H and O–H groups in total. The number of methoxy groups -OCH3 is 1. The van der Waals surface area contributed by atoms with Gasteiger partial charge in [0.25, 0.3) is 11.1 Å². The number of carbonyl (C=O) groups is 2. The van der Waals surface area contributed by atoms with Crippen molar-refractivity contribution in [3.05, 3.63) is 65.5 Å². The predicted octanol–water partition coefficient (Wildman–Crippen LogP) is 2.69. The van der Waals surface area contributed by atoms with Crippen LogP contribution in [0.3, 0.4) is 0 Å². The number of hydrogen-bond acceptors (Lipinski definition) is 7. The molecule has 2 heterocycles. The number of amides is 2. The lowest BCUT2D eigenvalue weighted by Gasteiger charge is -2.16. The van der Waals surface area contributed by atoms with E-state index in [-0.39, 0.29) is 30.0 Å². The molecule has 0 spiro atoms. The minimum absolute atomic E-state index is 0.00231. The van der Waals surface area contributed by atoms with Gasteiger partial charge in [-0.05, 0) is 42.3 Å². The highest BCUT2D eigenvalue weighted by molar-refractivity contribution is 7.99. The number of nitrogens with zero attached hydrogens (tertiary/aromatic N) is 3. The molecule has 4 rings (SSSR count). The van der Waals surface area contributed by atoms with Crippen LogP contribution in [0.4, 0.5) is 5.69 Å². The Bertz CT molecular complexity index is 1050. The number of carbonyl (C=O) groups excluding carboxylic acids is 2. The van der Waals surface area contributed by atoms with Gasteiger partial charge in [-0.2, -0.15) is 0 Å². The molecular weight excluding hydrogens is 404 g/mol. The standard InChI is InChI=1S/C21H20N4O4S/c1-28-16-8-6-15(7-9-16)20(27)22-12-18-23-24-21(29-18)30-13-19(26)25-11-10-14-4-2-3-5-17(14)25/h2-9H,10-13H2,1H3,(H,22,27). The summed E-state index contributed by atoms with van der Waals surface area (Å²) in [5, 5.41) is 10.9. The van der Waals surface area contributed by atoms with Crippen molar-refractivity contribution in [2.75, 3.05) is 24.3 Å². The SMILES string of the molecule is COc1ccc(C(=O)NCc2nnc(SCC(=O)N3CCc4ccccc43)o2)cc1. The molecule has 9 heteroatoms. The molecule has 0 saturated heterocycles. The molecule has 30 heavy (non-hydrogen) atoms. The van der Waals surface area contributed by atoms with Gasteiger partial charge >= 0.3 is 0 Å². The zero-order chi connectivity index (χ0) is 20.9. The van der Waals surface area contributed by atoms with E-state index in [1.807, 2.05) is 24.3 Å². The van der Waals surface area contributed by atoms with E-state index in [2.05, 4.69) is 15.5 Å². The Morgan fingerprint density at radius 1 is 1.17 bits per heavy atom. The normalized spacial score (nSPS) is 12.5. The summed E-state index contributed by atoms with van der Waals surface area (Å²) in [7, 11) is 1.57. The lowest BCUT2D eigenvalue weighted by atomic mass is 10.2. The van der Waals surface area contributed by atoms with Gasteiger partial charge < -0.3 is 19.4 Å². The third-order valence-electron chi connectivity index (χ3n) is 4.71. The molecule has 0 unspecified atom stereocenters. The van der Waals surface area contributed by atoms with Gasteiger partial charge in [0.05, 0.1) is 19.4 Å². The molecule has 8 nitrogen and oxygen atoms in total. The van der Waals surface area contributed by atoms with Gasteiger partial charge in [0.1, 0.15) is 5.75 Å². The fraction of sp³-hybridized carbons (Fsp3) is 0.238. The highest BCUT2D eigenvalue weighted by atomic mass is 32.2. The second-order valence-corrected chi connectivity index (χ2v) is 7.51. The monoisotopic (exact) mass is 424 g/mol. The number of nitrogens with one attached hydrogen (secondary N) is 1. The van der Waals surface area contributed by atoms with Gasteiger partial charge in [0, 0.05) is 17.8 Å². The van der Waals surface area contributed by atoms with Crippen molar-refractivity contribution in [2.24, 2.45) is 0 Å². The fourth-order valence-electron chi connectivity index (χ4n) is 3.17. The van der Waals surface area contributed by atoms with Crippen LogP contribution in [0.5, 0.6) is 5.75 Å². The average Bonchev–Trinajstić information content (AvgIpc) is 3.43. The maximum absolute atomic E-state index is 12.6. The molecule has 1 aromatic heterocycles. The van der Waals surface area contributed by atoms with E-state index in [0.717, 1.165) is 12.1 Å². The molecule has 2 amide bonds. The van der Waals surface area contributed by atoms with Gasteiger partial charge in [-0.25, -0.2) is 0 Å². The maximum atomic E-state index is 12.6. The first kappa shape index (κ1) is 20.0. The number of thioether (sulfide) groups is 1. The molecule has 0 atom stereocenters. The van der Waals surface area contributed by atoms with E-state index in [9.17, 15) is 9.59 Å². The topological polar surface area (TPSA) is 97.6 Å². The zero-order valence-corrected chi connectivity index (χ0v) is 17.1. The number of aromatic nitrogens is 2. The molecule has 154 valence electrons. The average molecular weight is 424 g/mol. The van der Waals surface area contributed by atoms with E-state index < -0.39 is 0 Å². The summed E-state index contributed by atoms with van der Waals surface area (Å²) in [5.74, 6) is 0.898. The van der Waals surface area contributed by atoms with Crippen LogP contribution in [-0.2, 0) is 17.8 Å². The number of anilines is 1. The Labute approximate surface area is 177 Å². The molecule has 1 aliphatic heterocycles. The fourth-order valence-corrected chi connectivity index (χ4v) is 3.82. The molecule has 0 aliphatic carbocycles. The highest BCUT2D eigenvalue weighted by Crippen LogP contribution is 2.28. The van der Waals surface area contributed by atoms with Crippen LogP contribution >= 0.6 is 11.8 Å². The van der Waals surface area contributed by atoms with Crippen LogP contribution in [0.25, 0.3) is 0 Å². The summed E-state index contributed by atoms with van der Waals surface area (Å²) < 4.78 is 10.6. The van der Waals surface area contributed by atoms with Gasteiger partial charge in [0.15, 0.2) is 0 Å². The van der Waals surface area contributed by atoms with Gasteiger partial charge in [0.2, 0.25) is 11.8 Å². The summed E-state index contributed by atoms with van der Waals surface area (Å²) in [4.78, 5) is 26.5. The van der Waals surface area contributed by atoms with Crippen LogP contribution in [-0.4, -0.2) is 41.4 Å². The van der Waals surface area contributed by atoms with Gasteiger partial charge in [-0.1, -0.05) is 30.0 Å². The Hall–Kier alpha value is -3.33. The molecule has 0 radical (unpaired) electrons. The summed E-state index contributed by atoms with van der Waals surface area (Å²) >= 11 is 1.19. The highest BCUT2D eigenvalue weighted by Gasteiger charge is 2.24. The van der Waals surface area contributed by atoms with E-state index in [4.69, 9.17) is 9.15 Å². The summed E-state index contributed by atoms with van der Waals surface area (Å²) in [5.41, 5.74) is 2.65. The van der Waals surface area contributed by atoms with Crippen LogP contribution in [0, 0.1) is 0 Å². The molecule has 0 saturated carbocycles. The lowest BCUT2D eigenvalue weighted by Crippen LogP contribution is -2.30. The molecule has 1 aliphatic rings. The van der Waals surface area contributed by atoms with E-state index >= 15 is 0 Å². The van der Waals surface area contributed by atoms with Crippen molar-refractivity contribution in [1.82, 2.24) is 15.5 Å². The van der Waals surface area contributed by atoms with Crippen LogP contribution in [0.15, 0.2) is 58.2 Å². The van der Waals surface area contributed by atoms with Crippen molar-refractivity contribution in [3.63, 3.8) is 0 Å². The first-order valence-corrected chi connectivity index (χ1v) is 10.4. The maximum Gasteiger partial charge on any atom is 0.277 e. The number of fused-ring (bicyclic) bond motifs is 1.